The maximum absolute atomic E-state index is 13.4. The van der Waals surface area contributed by atoms with E-state index in [1.165, 1.54) is 6.21 Å². The zero-order valence-electron chi connectivity index (χ0n) is 20.1. The molecule has 0 saturated carbocycles. The number of rotatable bonds is 6. The molecule has 0 aliphatic carbocycles. The molecule has 6 nitrogen and oxygen atoms in total. The van der Waals surface area contributed by atoms with E-state index in [0.29, 0.717) is 48.2 Å². The highest BCUT2D eigenvalue weighted by Gasteiger charge is 2.23. The second-order valence-corrected chi connectivity index (χ2v) is 11.5. The van der Waals surface area contributed by atoms with Gasteiger partial charge in [0.1, 0.15) is 11.4 Å². The van der Waals surface area contributed by atoms with E-state index in [1.807, 2.05) is 6.07 Å². The predicted molar refractivity (Wildman–Crippen MR) is 167 cm³/mol. The maximum Gasteiger partial charge on any atom is 0.343 e. The summed E-state index contributed by atoms with van der Waals surface area (Å²) in [7, 11) is 0. The topological polar surface area (TPSA) is 83.5 Å². The van der Waals surface area contributed by atoms with Crippen LogP contribution in [0.3, 0.4) is 0 Å². The Kier molecular flexibility index (Phi) is 8.63. The molecule has 11 heteroatoms. The van der Waals surface area contributed by atoms with Crippen molar-refractivity contribution in [2.45, 2.75) is 0 Å². The number of hydrogen-bond donors (Lipinski definition) is 2. The van der Waals surface area contributed by atoms with Crippen LogP contribution in [0.2, 0.25) is 15.1 Å². The van der Waals surface area contributed by atoms with Gasteiger partial charge in [-0.1, -0.05) is 84.9 Å². The Balaban J connectivity index is 1.45. The molecule has 2 N–H and O–H groups in total. The highest BCUT2D eigenvalue weighted by atomic mass is 79.9. The third-order valence-electron chi connectivity index (χ3n) is 5.81. The highest BCUT2D eigenvalue weighted by Crippen LogP contribution is 2.41. The lowest BCUT2D eigenvalue weighted by molar-refractivity contribution is 0.0734. The van der Waals surface area contributed by atoms with Gasteiger partial charge < -0.3 is 9.72 Å². The molecule has 0 spiro atoms. The maximum atomic E-state index is 13.4. The van der Waals surface area contributed by atoms with Gasteiger partial charge in [0.25, 0.3) is 5.91 Å². The van der Waals surface area contributed by atoms with E-state index in [0.717, 1.165) is 8.95 Å². The van der Waals surface area contributed by atoms with E-state index in [-0.39, 0.29) is 11.4 Å². The van der Waals surface area contributed by atoms with Crippen LogP contribution >= 0.6 is 66.7 Å². The molecular formula is C29H16Br2Cl3N3O3. The zero-order valence-corrected chi connectivity index (χ0v) is 25.6. The number of carbonyl (C=O) groups is 2. The number of fused-ring (bicyclic) bond motifs is 1. The van der Waals surface area contributed by atoms with Crippen molar-refractivity contribution in [1.82, 2.24) is 10.4 Å². The molecular weight excluding hydrogens is 705 g/mol. The summed E-state index contributed by atoms with van der Waals surface area (Å²) in [5.41, 5.74) is 5.26. The summed E-state index contributed by atoms with van der Waals surface area (Å²) < 4.78 is 7.17. The number of aromatic nitrogens is 1. The molecule has 4 aromatic carbocycles. The van der Waals surface area contributed by atoms with Gasteiger partial charge in [-0.05, 0) is 60.7 Å². The van der Waals surface area contributed by atoms with Gasteiger partial charge in [-0.3, -0.25) is 4.79 Å². The summed E-state index contributed by atoms with van der Waals surface area (Å²) >= 11 is 26.0. The third-order valence-corrected chi connectivity index (χ3v) is 7.68. The summed E-state index contributed by atoms with van der Waals surface area (Å²) in [5, 5.41) is 5.94. The van der Waals surface area contributed by atoms with Gasteiger partial charge in [0.15, 0.2) is 0 Å². The minimum atomic E-state index is -0.544. The molecule has 0 saturated heterocycles. The second-order valence-electron chi connectivity index (χ2n) is 8.44. The Morgan fingerprint density at radius 2 is 1.60 bits per heavy atom. The molecule has 0 atom stereocenters. The molecule has 0 bridgehead atoms. The standard InChI is InChI=1S/C29H16Br2Cl3N3O3/c30-17-7-5-15(6-8-17)29(39)40-24-10-9-18(31)11-16(24)14-35-37-28(38)27-25(20-3-1-2-4-21(20)33)26-22(34)12-19(32)13-23(26)36-27/h1-14,36H,(H,37,38). The molecule has 40 heavy (non-hydrogen) atoms. The Bertz CT molecular complexity index is 1800. The van der Waals surface area contributed by atoms with Crippen LogP contribution in [0.15, 0.2) is 92.9 Å². The fourth-order valence-electron chi connectivity index (χ4n) is 4.03. The normalized spacial score (nSPS) is 11.2. The zero-order chi connectivity index (χ0) is 28.4. The van der Waals surface area contributed by atoms with Gasteiger partial charge in [0.05, 0.1) is 16.8 Å². The summed E-state index contributed by atoms with van der Waals surface area (Å²) in [4.78, 5) is 29.1. The number of amides is 1. The Hall–Kier alpha value is -3.14. The smallest absolute Gasteiger partial charge is 0.343 e. The quantitative estimate of drug-likeness (QED) is 0.0794. The number of nitrogens with zero attached hydrogens (tertiary/aromatic N) is 1. The second kappa shape index (κ2) is 12.2. The molecule has 5 rings (SSSR count). The highest BCUT2D eigenvalue weighted by molar-refractivity contribution is 9.10. The van der Waals surface area contributed by atoms with Gasteiger partial charge in [0, 0.05) is 46.6 Å². The van der Waals surface area contributed by atoms with Crippen LogP contribution in [0.5, 0.6) is 5.75 Å². The monoisotopic (exact) mass is 717 g/mol. The first-order chi connectivity index (χ1) is 19.2. The van der Waals surface area contributed by atoms with Crippen LogP contribution in [0.4, 0.5) is 0 Å². The fourth-order valence-corrected chi connectivity index (χ4v) is 5.49. The van der Waals surface area contributed by atoms with Crippen LogP contribution < -0.4 is 10.2 Å². The van der Waals surface area contributed by atoms with Crippen LogP contribution in [-0.4, -0.2) is 23.1 Å². The Morgan fingerprint density at radius 3 is 2.35 bits per heavy atom. The van der Waals surface area contributed by atoms with Gasteiger partial charge in [-0.25, -0.2) is 10.2 Å². The average molecular weight is 721 g/mol. The van der Waals surface area contributed by atoms with E-state index in [4.69, 9.17) is 39.5 Å². The molecule has 1 amide bonds. The summed E-state index contributed by atoms with van der Waals surface area (Å²) in [5.74, 6) is -0.817. The van der Waals surface area contributed by atoms with Crippen LogP contribution in [0.25, 0.3) is 22.0 Å². The fraction of sp³-hybridized carbons (Fsp3) is 0. The first-order valence-corrected chi connectivity index (χ1v) is 14.3. The molecule has 1 heterocycles. The van der Waals surface area contributed by atoms with Crippen molar-refractivity contribution in [1.29, 1.82) is 0 Å². The van der Waals surface area contributed by atoms with Crippen molar-refractivity contribution < 1.29 is 14.3 Å². The summed E-state index contributed by atoms with van der Waals surface area (Å²) in [6, 6.07) is 22.3. The number of esters is 1. The first-order valence-electron chi connectivity index (χ1n) is 11.6. The summed E-state index contributed by atoms with van der Waals surface area (Å²) in [6.45, 7) is 0. The number of halogens is 5. The lowest BCUT2D eigenvalue weighted by Gasteiger charge is -2.09. The molecule has 0 radical (unpaired) electrons. The molecule has 0 aliphatic rings. The Morgan fingerprint density at radius 1 is 0.875 bits per heavy atom. The molecule has 200 valence electrons. The van der Waals surface area contributed by atoms with Crippen molar-refractivity contribution in [3.05, 3.63) is 120 Å². The summed E-state index contributed by atoms with van der Waals surface area (Å²) in [6.07, 6.45) is 1.38. The number of hydrogen-bond acceptors (Lipinski definition) is 4. The van der Waals surface area contributed by atoms with E-state index >= 15 is 0 Å². The lowest BCUT2D eigenvalue weighted by Crippen LogP contribution is -2.19. The number of ether oxygens (including phenoxy) is 1. The number of H-pyrrole nitrogens is 1. The molecule has 5 aromatic rings. The number of nitrogens with one attached hydrogen (secondary N) is 2. The van der Waals surface area contributed by atoms with Crippen molar-refractivity contribution in [3.63, 3.8) is 0 Å². The third kappa shape index (κ3) is 6.11. The van der Waals surface area contributed by atoms with Crippen molar-refractivity contribution >= 4 is 95.7 Å². The van der Waals surface area contributed by atoms with E-state index < -0.39 is 11.9 Å². The first kappa shape index (κ1) is 28.4. The van der Waals surface area contributed by atoms with E-state index in [2.05, 4.69) is 47.4 Å². The van der Waals surface area contributed by atoms with E-state index in [1.54, 1.807) is 72.8 Å². The lowest BCUT2D eigenvalue weighted by atomic mass is 10.0. The van der Waals surface area contributed by atoms with Gasteiger partial charge in [-0.15, -0.1) is 0 Å². The number of carbonyl (C=O) groups excluding carboxylic acids is 2. The molecule has 0 fully saturated rings. The van der Waals surface area contributed by atoms with Gasteiger partial charge in [-0.2, -0.15) is 5.10 Å². The molecule has 1 aromatic heterocycles. The molecule has 0 unspecified atom stereocenters. The average Bonchev–Trinajstić information content (AvgIpc) is 3.30. The van der Waals surface area contributed by atoms with E-state index in [9.17, 15) is 9.59 Å². The van der Waals surface area contributed by atoms with Gasteiger partial charge in [0.2, 0.25) is 0 Å². The molecule has 0 aliphatic heterocycles. The predicted octanol–water partition coefficient (Wildman–Crippen LogP) is 9.30. The van der Waals surface area contributed by atoms with Gasteiger partial charge >= 0.3 is 5.97 Å². The Labute approximate surface area is 260 Å². The minimum absolute atomic E-state index is 0.195. The van der Waals surface area contributed by atoms with Crippen molar-refractivity contribution in [2.75, 3.05) is 0 Å². The minimum Gasteiger partial charge on any atom is -0.422 e. The SMILES string of the molecule is O=C(Oc1ccc(Br)cc1C=NNC(=O)c1[nH]c2cc(Cl)cc(Cl)c2c1-c1ccccc1Cl)c1ccc(Br)cc1. The van der Waals surface area contributed by atoms with Crippen LogP contribution in [0, 0.1) is 0 Å². The number of benzene rings is 4. The number of aromatic amines is 1. The number of hydrazone groups is 1. The largest absolute Gasteiger partial charge is 0.422 e. The van der Waals surface area contributed by atoms with Crippen LogP contribution in [-0.2, 0) is 0 Å². The van der Waals surface area contributed by atoms with Crippen LogP contribution in [0.1, 0.15) is 26.4 Å². The van der Waals surface area contributed by atoms with Crippen molar-refractivity contribution in [3.8, 4) is 16.9 Å². The van der Waals surface area contributed by atoms with Crippen molar-refractivity contribution in [2.24, 2.45) is 5.10 Å².